The van der Waals surface area contributed by atoms with Crippen LogP contribution in [0.25, 0.3) is 0 Å². The molecule has 4 atom stereocenters. The van der Waals surface area contributed by atoms with Crippen molar-refractivity contribution in [3.63, 3.8) is 0 Å². The zero-order valence-corrected chi connectivity index (χ0v) is 13.3. The van der Waals surface area contributed by atoms with E-state index in [9.17, 15) is 23.1 Å². The van der Waals surface area contributed by atoms with Crippen molar-refractivity contribution in [1.82, 2.24) is 4.90 Å². The Morgan fingerprint density at radius 3 is 2.46 bits per heavy atom. The van der Waals surface area contributed by atoms with Crippen LogP contribution in [0.3, 0.4) is 0 Å². The number of β-amino-alcohol motifs (C(OH)–C–C–N with tert-alkyl or cyclic N) is 1. The zero-order chi connectivity index (χ0) is 17.5. The summed E-state index contributed by atoms with van der Waals surface area (Å²) in [6.07, 6.45) is -3.82. The zero-order valence-electron chi connectivity index (χ0n) is 13.3. The monoisotopic (exact) mass is 343 g/mol. The summed E-state index contributed by atoms with van der Waals surface area (Å²) in [6.45, 7) is 2.08. The molecule has 132 valence electrons. The number of amides is 1. The smallest absolute Gasteiger partial charge is 0.391 e. The molecule has 2 saturated heterocycles. The topological polar surface area (TPSA) is 49.8 Å². The van der Waals surface area contributed by atoms with E-state index in [4.69, 9.17) is 4.74 Å². The normalized spacial score (nSPS) is 30.8. The van der Waals surface area contributed by atoms with E-state index >= 15 is 0 Å². The number of rotatable bonds is 2. The molecule has 0 bridgehead atoms. The lowest BCUT2D eigenvalue weighted by atomic mass is 10.0. The van der Waals surface area contributed by atoms with Crippen LogP contribution in [0.2, 0.25) is 0 Å². The van der Waals surface area contributed by atoms with E-state index in [1.807, 2.05) is 6.92 Å². The number of nitrogens with zero attached hydrogens (tertiary/aromatic N) is 1. The van der Waals surface area contributed by atoms with E-state index in [-0.39, 0.29) is 18.6 Å². The number of carbonyl (C=O) groups excluding carboxylic acids is 1. The Morgan fingerprint density at radius 1 is 1.25 bits per heavy atom. The van der Waals surface area contributed by atoms with Crippen LogP contribution in [0.1, 0.15) is 43.4 Å². The Morgan fingerprint density at radius 2 is 1.92 bits per heavy atom. The Labute approximate surface area is 138 Å². The maximum atomic E-state index is 12.7. The molecule has 1 aromatic rings. The average Bonchev–Trinajstić information content (AvgIpc) is 3.12. The molecule has 0 spiro atoms. The van der Waals surface area contributed by atoms with Crippen molar-refractivity contribution in [2.24, 2.45) is 0 Å². The summed E-state index contributed by atoms with van der Waals surface area (Å²) >= 11 is 0. The second kappa shape index (κ2) is 6.37. The van der Waals surface area contributed by atoms with Crippen molar-refractivity contribution in [3.05, 3.63) is 35.4 Å². The van der Waals surface area contributed by atoms with Crippen LogP contribution in [0, 0.1) is 0 Å². The number of carbonyl (C=O) groups is 1. The minimum absolute atomic E-state index is 0.0241. The van der Waals surface area contributed by atoms with E-state index in [0.29, 0.717) is 18.4 Å². The number of hydrogen-bond acceptors (Lipinski definition) is 3. The number of alkyl halides is 3. The van der Waals surface area contributed by atoms with Gasteiger partial charge in [-0.2, -0.15) is 13.2 Å². The number of likely N-dealkylation sites (tertiary alicyclic amines) is 1. The average molecular weight is 343 g/mol. The van der Waals surface area contributed by atoms with Gasteiger partial charge in [0, 0.05) is 6.54 Å². The van der Waals surface area contributed by atoms with Gasteiger partial charge in [0.25, 0.3) is 5.91 Å². The molecule has 1 amide bonds. The van der Waals surface area contributed by atoms with Gasteiger partial charge >= 0.3 is 6.18 Å². The summed E-state index contributed by atoms with van der Waals surface area (Å²) in [5, 5.41) is 9.94. The van der Waals surface area contributed by atoms with Crippen molar-refractivity contribution in [1.29, 1.82) is 0 Å². The van der Waals surface area contributed by atoms with Gasteiger partial charge in [0.05, 0.1) is 23.8 Å². The molecule has 0 saturated carbocycles. The molecule has 4 nitrogen and oxygen atoms in total. The summed E-state index contributed by atoms with van der Waals surface area (Å²) in [6, 6.07) is 4.36. The standard InChI is InChI=1S/C17H20F3NO3/c1-10-2-7-15(24-10)16(23)21-9-13(22)8-14(21)11-3-5-12(6-4-11)17(18,19)20/h3-6,10,13-15,22H,2,7-9H2,1H3/t10-,13+,14+,15-/m1/s1. The van der Waals surface area contributed by atoms with Gasteiger partial charge in [-0.1, -0.05) is 12.1 Å². The maximum Gasteiger partial charge on any atom is 0.416 e. The first kappa shape index (κ1) is 17.2. The van der Waals surface area contributed by atoms with Crippen molar-refractivity contribution in [3.8, 4) is 0 Å². The fourth-order valence-electron chi connectivity index (χ4n) is 3.44. The summed E-state index contributed by atoms with van der Waals surface area (Å²) in [5.41, 5.74) is -0.130. The second-order valence-corrected chi connectivity index (χ2v) is 6.53. The molecule has 3 rings (SSSR count). The van der Waals surface area contributed by atoms with Gasteiger partial charge in [-0.25, -0.2) is 0 Å². The molecule has 0 unspecified atom stereocenters. The third kappa shape index (κ3) is 3.42. The lowest BCUT2D eigenvalue weighted by Crippen LogP contribution is -2.39. The first-order chi connectivity index (χ1) is 11.3. The number of ether oxygens (including phenoxy) is 1. The lowest BCUT2D eigenvalue weighted by Gasteiger charge is -2.27. The third-order valence-corrected chi connectivity index (χ3v) is 4.69. The van der Waals surface area contributed by atoms with Gasteiger partial charge < -0.3 is 14.7 Å². The van der Waals surface area contributed by atoms with Crippen molar-refractivity contribution < 1.29 is 27.8 Å². The van der Waals surface area contributed by atoms with Crippen LogP contribution in [0.5, 0.6) is 0 Å². The quantitative estimate of drug-likeness (QED) is 0.898. The Balaban J connectivity index is 1.79. The van der Waals surface area contributed by atoms with Gasteiger partial charge in [-0.3, -0.25) is 4.79 Å². The molecule has 2 aliphatic rings. The number of halogens is 3. The van der Waals surface area contributed by atoms with Gasteiger partial charge in [-0.05, 0) is 43.9 Å². The van der Waals surface area contributed by atoms with E-state index in [0.717, 1.165) is 18.6 Å². The molecule has 0 aliphatic carbocycles. The second-order valence-electron chi connectivity index (χ2n) is 6.53. The first-order valence-corrected chi connectivity index (χ1v) is 8.07. The van der Waals surface area contributed by atoms with Crippen LogP contribution in [-0.2, 0) is 15.7 Å². The van der Waals surface area contributed by atoms with Crippen LogP contribution in [-0.4, -0.2) is 40.8 Å². The third-order valence-electron chi connectivity index (χ3n) is 4.69. The fraction of sp³-hybridized carbons (Fsp3) is 0.588. The number of hydrogen-bond donors (Lipinski definition) is 1. The highest BCUT2D eigenvalue weighted by molar-refractivity contribution is 5.82. The molecule has 2 aliphatic heterocycles. The van der Waals surface area contributed by atoms with Crippen molar-refractivity contribution >= 4 is 5.91 Å². The highest BCUT2D eigenvalue weighted by atomic mass is 19.4. The van der Waals surface area contributed by atoms with E-state index in [2.05, 4.69) is 0 Å². The van der Waals surface area contributed by atoms with Gasteiger partial charge in [0.1, 0.15) is 6.10 Å². The van der Waals surface area contributed by atoms with Crippen LogP contribution < -0.4 is 0 Å². The molecule has 1 N–H and O–H groups in total. The SMILES string of the molecule is C[C@@H]1CC[C@H](C(=O)N2C[C@@H](O)C[C@H]2c2ccc(C(F)(F)F)cc2)O1. The Bertz CT molecular complexity index is 602. The number of aliphatic hydroxyl groups is 1. The first-order valence-electron chi connectivity index (χ1n) is 8.07. The fourth-order valence-corrected chi connectivity index (χ4v) is 3.44. The van der Waals surface area contributed by atoms with Gasteiger partial charge in [0.2, 0.25) is 0 Å². The summed E-state index contributed by atoms with van der Waals surface area (Å²) in [7, 11) is 0. The van der Waals surface area contributed by atoms with Crippen molar-refractivity contribution in [2.75, 3.05) is 6.54 Å². The predicted octanol–water partition coefficient (Wildman–Crippen LogP) is 2.91. The molecule has 0 aromatic heterocycles. The van der Waals surface area contributed by atoms with Crippen LogP contribution in [0.15, 0.2) is 24.3 Å². The molecule has 7 heteroatoms. The number of aliphatic hydroxyl groups excluding tert-OH is 1. The molecular formula is C17H20F3NO3. The van der Waals surface area contributed by atoms with E-state index in [1.165, 1.54) is 17.0 Å². The molecule has 1 aromatic carbocycles. The lowest BCUT2D eigenvalue weighted by molar-refractivity contribution is -0.144. The van der Waals surface area contributed by atoms with Crippen LogP contribution in [0.4, 0.5) is 13.2 Å². The predicted molar refractivity (Wildman–Crippen MR) is 80.1 cm³/mol. The van der Waals surface area contributed by atoms with Gasteiger partial charge in [-0.15, -0.1) is 0 Å². The van der Waals surface area contributed by atoms with E-state index < -0.39 is 30.0 Å². The Kier molecular flexibility index (Phi) is 4.57. The largest absolute Gasteiger partial charge is 0.416 e. The Hall–Kier alpha value is -1.60. The highest BCUT2D eigenvalue weighted by Crippen LogP contribution is 2.36. The molecule has 24 heavy (non-hydrogen) atoms. The minimum atomic E-state index is -4.39. The van der Waals surface area contributed by atoms with Crippen LogP contribution >= 0.6 is 0 Å². The summed E-state index contributed by atoms with van der Waals surface area (Å²) in [5.74, 6) is -0.194. The maximum absolute atomic E-state index is 12.7. The van der Waals surface area contributed by atoms with Gasteiger partial charge in [0.15, 0.2) is 0 Å². The van der Waals surface area contributed by atoms with Crippen molar-refractivity contribution in [2.45, 2.75) is 56.7 Å². The molecule has 2 heterocycles. The minimum Gasteiger partial charge on any atom is -0.391 e. The summed E-state index contributed by atoms with van der Waals surface area (Å²) in [4.78, 5) is 14.2. The molecular weight excluding hydrogens is 323 g/mol. The number of benzene rings is 1. The van der Waals surface area contributed by atoms with E-state index in [1.54, 1.807) is 0 Å². The molecule has 0 radical (unpaired) electrons. The highest BCUT2D eigenvalue weighted by Gasteiger charge is 2.40. The summed E-state index contributed by atoms with van der Waals surface area (Å²) < 4.78 is 43.6. The molecule has 2 fully saturated rings.